The monoisotopic (exact) mass is 271 g/mol. The van der Waals surface area contributed by atoms with Gasteiger partial charge >= 0.3 is 0 Å². The third-order valence-corrected chi connectivity index (χ3v) is 4.35. The van der Waals surface area contributed by atoms with Crippen molar-refractivity contribution in [3.63, 3.8) is 0 Å². The molecule has 0 saturated heterocycles. The summed E-state index contributed by atoms with van der Waals surface area (Å²) < 4.78 is 31.1. The summed E-state index contributed by atoms with van der Waals surface area (Å²) in [6.45, 7) is 4.23. The number of methoxy groups -OCH3 is 1. The average Bonchev–Trinajstić information content (AvgIpc) is 2.17. The molecule has 0 aromatic rings. The molecule has 0 heterocycles. The van der Waals surface area contributed by atoms with Crippen LogP contribution in [0.3, 0.4) is 0 Å². The van der Waals surface area contributed by atoms with Crippen molar-refractivity contribution < 1.29 is 13.2 Å². The van der Waals surface area contributed by atoms with Crippen molar-refractivity contribution >= 4 is 21.6 Å². The first-order valence-corrected chi connectivity index (χ1v) is 7.68. The van der Waals surface area contributed by atoms with E-state index in [0.717, 1.165) is 12.8 Å². The van der Waals surface area contributed by atoms with E-state index < -0.39 is 10.0 Å². The fourth-order valence-electron chi connectivity index (χ4n) is 1.45. The number of halogens is 1. The van der Waals surface area contributed by atoms with Crippen LogP contribution >= 0.6 is 11.6 Å². The summed E-state index contributed by atoms with van der Waals surface area (Å²) in [4.78, 5) is 0. The van der Waals surface area contributed by atoms with Crippen molar-refractivity contribution in [3.8, 4) is 0 Å². The van der Waals surface area contributed by atoms with E-state index in [0.29, 0.717) is 12.5 Å². The summed E-state index contributed by atoms with van der Waals surface area (Å²) in [6.07, 6.45) is 1.70. The normalized spacial score (nSPS) is 16.0. The molecule has 0 amide bonds. The number of hydrogen-bond acceptors (Lipinski definition) is 3. The zero-order valence-electron chi connectivity index (χ0n) is 10.2. The van der Waals surface area contributed by atoms with Gasteiger partial charge in [-0.1, -0.05) is 20.3 Å². The third kappa shape index (κ3) is 7.44. The molecule has 0 fully saturated rings. The Labute approximate surface area is 104 Å². The van der Waals surface area contributed by atoms with Crippen LogP contribution < -0.4 is 4.72 Å². The molecule has 0 aliphatic heterocycles. The summed E-state index contributed by atoms with van der Waals surface area (Å²) in [5.74, 6) is 0.383. The number of sulfonamides is 1. The first-order valence-electron chi connectivity index (χ1n) is 5.50. The van der Waals surface area contributed by atoms with Crippen molar-refractivity contribution in [1.82, 2.24) is 4.72 Å². The van der Waals surface area contributed by atoms with Crippen molar-refractivity contribution in [3.05, 3.63) is 0 Å². The second kappa shape index (κ2) is 8.28. The lowest BCUT2D eigenvalue weighted by Crippen LogP contribution is -2.40. The lowest BCUT2D eigenvalue weighted by atomic mass is 10.2. The molecule has 0 saturated carbocycles. The Bertz CT molecular complexity index is 263. The van der Waals surface area contributed by atoms with E-state index in [4.69, 9.17) is 16.3 Å². The fraction of sp³-hybridized carbons (Fsp3) is 1.00. The fourth-order valence-corrected chi connectivity index (χ4v) is 3.34. The van der Waals surface area contributed by atoms with E-state index in [9.17, 15) is 8.42 Å². The molecule has 0 rings (SSSR count). The summed E-state index contributed by atoms with van der Waals surface area (Å²) in [5.41, 5.74) is 0. The van der Waals surface area contributed by atoms with Crippen LogP contribution in [0.25, 0.3) is 0 Å². The minimum absolute atomic E-state index is 0.0380. The van der Waals surface area contributed by atoms with E-state index in [1.54, 1.807) is 7.11 Å². The highest BCUT2D eigenvalue weighted by Gasteiger charge is 2.19. The van der Waals surface area contributed by atoms with Crippen molar-refractivity contribution in [2.75, 3.05) is 25.3 Å². The van der Waals surface area contributed by atoms with E-state index >= 15 is 0 Å². The van der Waals surface area contributed by atoms with Crippen molar-refractivity contribution in [2.45, 2.75) is 32.7 Å². The molecule has 2 unspecified atom stereocenters. The quantitative estimate of drug-likeness (QED) is 0.648. The van der Waals surface area contributed by atoms with Crippen LogP contribution in [0.5, 0.6) is 0 Å². The van der Waals surface area contributed by atoms with Crippen LogP contribution in [0.2, 0.25) is 0 Å². The zero-order chi connectivity index (χ0) is 12.6. The smallest absolute Gasteiger partial charge is 0.212 e. The predicted octanol–water partition coefficient (Wildman–Crippen LogP) is 1.60. The Morgan fingerprint density at radius 1 is 1.44 bits per heavy atom. The molecule has 0 aliphatic carbocycles. The molecule has 0 aromatic heterocycles. The summed E-state index contributed by atoms with van der Waals surface area (Å²) in [7, 11) is -1.68. The number of hydrogen-bond donors (Lipinski definition) is 1. The number of alkyl halides is 1. The average molecular weight is 272 g/mol. The number of ether oxygens (including phenoxy) is 1. The van der Waals surface area contributed by atoms with E-state index in [1.165, 1.54) is 0 Å². The molecular weight excluding hydrogens is 250 g/mol. The second-order valence-corrected chi connectivity index (χ2v) is 6.21. The molecule has 6 heteroatoms. The van der Waals surface area contributed by atoms with Gasteiger partial charge in [-0.3, -0.25) is 0 Å². The molecule has 16 heavy (non-hydrogen) atoms. The van der Waals surface area contributed by atoms with Gasteiger partial charge < -0.3 is 4.74 Å². The molecule has 0 aliphatic rings. The molecule has 1 N–H and O–H groups in total. The van der Waals surface area contributed by atoms with Crippen LogP contribution in [0, 0.1) is 5.92 Å². The van der Waals surface area contributed by atoms with Gasteiger partial charge in [0, 0.05) is 19.0 Å². The van der Waals surface area contributed by atoms with Crippen molar-refractivity contribution in [2.24, 2.45) is 5.92 Å². The van der Waals surface area contributed by atoms with E-state index in [-0.39, 0.29) is 17.7 Å². The van der Waals surface area contributed by atoms with Gasteiger partial charge in [0.25, 0.3) is 0 Å². The first-order chi connectivity index (χ1) is 7.45. The Balaban J connectivity index is 4.29. The third-order valence-electron chi connectivity index (χ3n) is 2.12. The van der Waals surface area contributed by atoms with Crippen LogP contribution in [-0.2, 0) is 14.8 Å². The molecule has 4 nitrogen and oxygen atoms in total. The highest BCUT2D eigenvalue weighted by Crippen LogP contribution is 2.05. The van der Waals surface area contributed by atoms with Gasteiger partial charge in [-0.15, -0.1) is 11.6 Å². The van der Waals surface area contributed by atoms with E-state index in [1.807, 2.05) is 13.8 Å². The van der Waals surface area contributed by atoms with Crippen LogP contribution in [0.15, 0.2) is 0 Å². The highest BCUT2D eigenvalue weighted by molar-refractivity contribution is 7.89. The molecule has 0 aromatic carbocycles. The molecular formula is C10H22ClNO3S. The van der Waals surface area contributed by atoms with Crippen LogP contribution in [0.4, 0.5) is 0 Å². The van der Waals surface area contributed by atoms with Gasteiger partial charge in [-0.05, 0) is 12.3 Å². The largest absolute Gasteiger partial charge is 0.383 e. The maximum absolute atomic E-state index is 11.7. The number of nitrogens with one attached hydrogen (secondary N) is 1. The van der Waals surface area contributed by atoms with Gasteiger partial charge in [0.05, 0.1) is 12.4 Å². The van der Waals surface area contributed by atoms with Gasteiger partial charge in [0.2, 0.25) is 10.0 Å². The molecule has 98 valence electrons. The molecule has 0 radical (unpaired) electrons. The summed E-state index contributed by atoms with van der Waals surface area (Å²) in [5, 5.41) is 0. The Morgan fingerprint density at radius 3 is 2.50 bits per heavy atom. The highest BCUT2D eigenvalue weighted by atomic mass is 35.5. The van der Waals surface area contributed by atoms with E-state index in [2.05, 4.69) is 4.72 Å². The Morgan fingerprint density at radius 2 is 2.06 bits per heavy atom. The standard InChI is InChI=1S/C10H22ClNO3S/c1-4-5-10(7-15-3)12-16(13,14)8-9(2)6-11/h9-10,12H,4-8H2,1-3H3. The molecule has 0 bridgehead atoms. The SMILES string of the molecule is CCCC(COC)NS(=O)(=O)CC(C)CCl. The van der Waals surface area contributed by atoms with Crippen molar-refractivity contribution in [1.29, 1.82) is 0 Å². The summed E-state index contributed by atoms with van der Waals surface area (Å²) >= 11 is 5.60. The van der Waals surface area contributed by atoms with Gasteiger partial charge in [0.1, 0.15) is 0 Å². The summed E-state index contributed by atoms with van der Waals surface area (Å²) in [6, 6.07) is -0.137. The first kappa shape index (κ1) is 16.2. The predicted molar refractivity (Wildman–Crippen MR) is 67.4 cm³/mol. The molecule has 0 spiro atoms. The number of rotatable bonds is 9. The van der Waals surface area contributed by atoms with Gasteiger partial charge in [-0.2, -0.15) is 0 Å². The zero-order valence-corrected chi connectivity index (χ0v) is 11.8. The minimum atomic E-state index is -3.25. The lowest BCUT2D eigenvalue weighted by molar-refractivity contribution is 0.171. The maximum atomic E-state index is 11.7. The van der Waals surface area contributed by atoms with Gasteiger partial charge in [-0.25, -0.2) is 13.1 Å². The lowest BCUT2D eigenvalue weighted by Gasteiger charge is -2.18. The second-order valence-electron chi connectivity index (χ2n) is 4.10. The minimum Gasteiger partial charge on any atom is -0.383 e. The Hall–Kier alpha value is 0.160. The van der Waals surface area contributed by atoms with Crippen LogP contribution in [0.1, 0.15) is 26.7 Å². The maximum Gasteiger partial charge on any atom is 0.212 e. The Kier molecular flexibility index (Phi) is 8.36. The van der Waals surface area contributed by atoms with Gasteiger partial charge in [0.15, 0.2) is 0 Å². The topological polar surface area (TPSA) is 55.4 Å². The molecule has 2 atom stereocenters. The van der Waals surface area contributed by atoms with Crippen LogP contribution in [-0.4, -0.2) is 39.8 Å².